The molecule has 4 fully saturated rings. The van der Waals surface area contributed by atoms with Gasteiger partial charge >= 0.3 is 0 Å². The summed E-state index contributed by atoms with van der Waals surface area (Å²) >= 11 is 1.85. The summed E-state index contributed by atoms with van der Waals surface area (Å²) in [5.74, 6) is 1.73. The molecule has 1 aromatic rings. The Bertz CT molecular complexity index is 664. The van der Waals surface area contributed by atoms with E-state index in [1.165, 1.54) is 43.5 Å². The molecule has 6 heteroatoms. The van der Waals surface area contributed by atoms with Gasteiger partial charge in [-0.25, -0.2) is 0 Å². The number of rotatable bonds is 4. The molecule has 0 radical (unpaired) electrons. The number of fused-ring (bicyclic) bond motifs is 2. The first-order chi connectivity index (χ1) is 13.3. The zero-order valence-electron chi connectivity index (χ0n) is 16.3. The number of hydrogen-bond donors (Lipinski definition) is 2. The van der Waals surface area contributed by atoms with Crippen LogP contribution in [0.1, 0.15) is 45.4 Å². The maximum Gasteiger partial charge on any atom is 0.191 e. The first-order valence-electron chi connectivity index (χ1n) is 10.8. The second kappa shape index (κ2) is 7.28. The van der Waals surface area contributed by atoms with Gasteiger partial charge in [0.25, 0.3) is 0 Å². The van der Waals surface area contributed by atoms with Crippen molar-refractivity contribution in [3.8, 4) is 0 Å². The molecule has 1 aromatic heterocycles. The highest BCUT2D eigenvalue weighted by Crippen LogP contribution is 2.62. The number of guanidine groups is 1. The SMILES string of the molecule is CCN=C(NC1CCN(c2cccs2)CC1)NC1C2CCOC2C12CCC2. The number of thiophene rings is 1. The molecule has 3 unspecified atom stereocenters. The second-order valence-electron chi connectivity index (χ2n) is 8.63. The third kappa shape index (κ3) is 3.05. The van der Waals surface area contributed by atoms with Crippen LogP contribution in [-0.4, -0.2) is 50.4 Å². The van der Waals surface area contributed by atoms with E-state index in [0.29, 0.717) is 29.5 Å². The number of piperidine rings is 1. The minimum Gasteiger partial charge on any atom is -0.377 e. The highest BCUT2D eigenvalue weighted by molar-refractivity contribution is 7.14. The van der Waals surface area contributed by atoms with Crippen LogP contribution in [0.2, 0.25) is 0 Å². The average molecular weight is 389 g/mol. The summed E-state index contributed by atoms with van der Waals surface area (Å²) in [5, 5.41) is 11.2. The number of nitrogens with zero attached hydrogens (tertiary/aromatic N) is 2. The summed E-state index contributed by atoms with van der Waals surface area (Å²) in [7, 11) is 0. The lowest BCUT2D eigenvalue weighted by molar-refractivity contribution is -0.171. The van der Waals surface area contributed by atoms with Crippen LogP contribution in [0.25, 0.3) is 0 Å². The zero-order valence-corrected chi connectivity index (χ0v) is 17.1. The number of nitrogens with one attached hydrogen (secondary N) is 2. The Hall–Kier alpha value is -1.27. The Morgan fingerprint density at radius 2 is 2.15 bits per heavy atom. The molecule has 5 rings (SSSR count). The third-order valence-corrected chi connectivity index (χ3v) is 8.23. The lowest BCUT2D eigenvalue weighted by Gasteiger charge is -2.63. The number of ether oxygens (including phenoxy) is 1. The van der Waals surface area contributed by atoms with Crippen LogP contribution in [0.3, 0.4) is 0 Å². The first-order valence-corrected chi connectivity index (χ1v) is 11.7. The standard InChI is InChI=1S/C21H32N4OS/c1-2-22-20(23-15-6-11-25(12-7-15)17-5-3-14-27-17)24-18-16-8-13-26-19(16)21(18)9-4-10-21/h3,5,14-16,18-19H,2,4,6-13H2,1H3,(H2,22,23,24). The van der Waals surface area contributed by atoms with Crippen LogP contribution < -0.4 is 15.5 Å². The molecule has 2 aliphatic carbocycles. The molecule has 0 aromatic carbocycles. The van der Waals surface area contributed by atoms with Crippen LogP contribution >= 0.6 is 11.3 Å². The Kier molecular flexibility index (Phi) is 4.80. The van der Waals surface area contributed by atoms with Crippen molar-refractivity contribution < 1.29 is 4.74 Å². The van der Waals surface area contributed by atoms with E-state index < -0.39 is 0 Å². The van der Waals surface area contributed by atoms with E-state index in [4.69, 9.17) is 9.73 Å². The first kappa shape index (κ1) is 17.8. The van der Waals surface area contributed by atoms with Crippen molar-refractivity contribution in [2.75, 3.05) is 31.1 Å². The fourth-order valence-electron chi connectivity index (χ4n) is 5.78. The fraction of sp³-hybridized carbons (Fsp3) is 0.762. The molecule has 5 nitrogen and oxygen atoms in total. The van der Waals surface area contributed by atoms with Gasteiger partial charge in [0, 0.05) is 49.7 Å². The van der Waals surface area contributed by atoms with Gasteiger partial charge in [-0.1, -0.05) is 6.42 Å². The van der Waals surface area contributed by atoms with E-state index in [0.717, 1.165) is 32.2 Å². The van der Waals surface area contributed by atoms with Crippen molar-refractivity contribution in [3.63, 3.8) is 0 Å². The molecule has 0 bridgehead atoms. The van der Waals surface area contributed by atoms with Gasteiger partial charge in [0.2, 0.25) is 0 Å². The van der Waals surface area contributed by atoms with E-state index in [9.17, 15) is 0 Å². The second-order valence-corrected chi connectivity index (χ2v) is 9.56. The van der Waals surface area contributed by atoms with E-state index in [2.05, 4.69) is 40.0 Å². The van der Waals surface area contributed by atoms with Crippen LogP contribution in [-0.2, 0) is 4.74 Å². The molecule has 3 atom stereocenters. The van der Waals surface area contributed by atoms with Gasteiger partial charge in [0.05, 0.1) is 11.1 Å². The molecule has 4 aliphatic rings. The van der Waals surface area contributed by atoms with Gasteiger partial charge in [-0.3, -0.25) is 4.99 Å². The Morgan fingerprint density at radius 1 is 1.30 bits per heavy atom. The lowest BCUT2D eigenvalue weighted by atomic mass is 9.46. The maximum absolute atomic E-state index is 6.07. The van der Waals surface area contributed by atoms with Crippen LogP contribution in [0.15, 0.2) is 22.5 Å². The minimum absolute atomic E-state index is 0.403. The van der Waals surface area contributed by atoms with Crippen LogP contribution in [0.4, 0.5) is 5.00 Å². The molecule has 2 saturated heterocycles. The molecular weight excluding hydrogens is 356 g/mol. The quantitative estimate of drug-likeness (QED) is 0.614. The lowest BCUT2D eigenvalue weighted by Crippen LogP contribution is -2.72. The number of aliphatic imine (C=N–C) groups is 1. The van der Waals surface area contributed by atoms with Crippen molar-refractivity contribution in [2.45, 2.75) is 63.6 Å². The van der Waals surface area contributed by atoms with E-state index in [-0.39, 0.29) is 0 Å². The van der Waals surface area contributed by atoms with Crippen LogP contribution in [0.5, 0.6) is 0 Å². The smallest absolute Gasteiger partial charge is 0.191 e. The Labute approximate surface area is 166 Å². The summed E-state index contributed by atoms with van der Waals surface area (Å²) in [6.07, 6.45) is 8.08. The summed E-state index contributed by atoms with van der Waals surface area (Å²) in [4.78, 5) is 7.31. The molecule has 3 heterocycles. The summed E-state index contributed by atoms with van der Waals surface area (Å²) < 4.78 is 6.07. The van der Waals surface area contributed by atoms with E-state index in [1.807, 2.05) is 11.3 Å². The Balaban J connectivity index is 1.19. The van der Waals surface area contributed by atoms with E-state index in [1.54, 1.807) is 0 Å². The predicted octanol–water partition coefficient (Wildman–Crippen LogP) is 3.23. The van der Waals surface area contributed by atoms with Gasteiger partial charge in [0.15, 0.2) is 5.96 Å². The molecule has 2 aliphatic heterocycles. The molecule has 1 spiro atoms. The summed E-state index contributed by atoms with van der Waals surface area (Å²) in [6, 6.07) is 5.46. The highest BCUT2D eigenvalue weighted by Gasteiger charge is 2.66. The van der Waals surface area contributed by atoms with Gasteiger partial charge < -0.3 is 20.3 Å². The minimum atomic E-state index is 0.403. The normalized spacial score (nSPS) is 32.7. The zero-order chi connectivity index (χ0) is 18.3. The largest absolute Gasteiger partial charge is 0.377 e. The van der Waals surface area contributed by atoms with Gasteiger partial charge in [-0.15, -0.1) is 11.3 Å². The van der Waals surface area contributed by atoms with Crippen molar-refractivity contribution in [1.82, 2.24) is 10.6 Å². The van der Waals surface area contributed by atoms with Crippen molar-refractivity contribution in [2.24, 2.45) is 16.3 Å². The van der Waals surface area contributed by atoms with Crippen molar-refractivity contribution in [1.29, 1.82) is 0 Å². The topological polar surface area (TPSA) is 48.9 Å². The molecule has 27 heavy (non-hydrogen) atoms. The van der Waals surface area contributed by atoms with E-state index >= 15 is 0 Å². The Morgan fingerprint density at radius 3 is 2.81 bits per heavy atom. The van der Waals surface area contributed by atoms with Crippen molar-refractivity contribution >= 4 is 22.3 Å². The van der Waals surface area contributed by atoms with Crippen molar-refractivity contribution in [3.05, 3.63) is 17.5 Å². The summed E-state index contributed by atoms with van der Waals surface area (Å²) in [5.41, 5.74) is 0.403. The van der Waals surface area contributed by atoms with Gasteiger partial charge in [0.1, 0.15) is 0 Å². The molecule has 2 saturated carbocycles. The number of hydrogen-bond acceptors (Lipinski definition) is 4. The third-order valence-electron chi connectivity index (χ3n) is 7.30. The fourth-order valence-corrected chi connectivity index (χ4v) is 6.57. The molecule has 148 valence electrons. The summed E-state index contributed by atoms with van der Waals surface area (Å²) in [6.45, 7) is 6.16. The highest BCUT2D eigenvalue weighted by atomic mass is 32.1. The molecule has 2 N–H and O–H groups in total. The van der Waals surface area contributed by atoms with Crippen LogP contribution in [0, 0.1) is 11.3 Å². The van der Waals surface area contributed by atoms with Gasteiger partial charge in [-0.2, -0.15) is 0 Å². The molecular formula is C21H32N4OS. The average Bonchev–Trinajstić information content (AvgIpc) is 3.30. The monoisotopic (exact) mass is 388 g/mol. The van der Waals surface area contributed by atoms with Gasteiger partial charge in [-0.05, 0) is 56.5 Å². The predicted molar refractivity (Wildman–Crippen MR) is 112 cm³/mol. The number of anilines is 1. The molecule has 0 amide bonds. The maximum atomic E-state index is 6.07.